The van der Waals surface area contributed by atoms with Gasteiger partial charge in [-0.2, -0.15) is 0 Å². The molecule has 0 spiro atoms. The van der Waals surface area contributed by atoms with Gasteiger partial charge in [-0.05, 0) is 36.4 Å². The highest BCUT2D eigenvalue weighted by Crippen LogP contribution is 2.32. The molecule has 0 unspecified atom stereocenters. The second kappa shape index (κ2) is 6.45. The van der Waals surface area contributed by atoms with E-state index in [1.165, 1.54) is 6.07 Å². The van der Waals surface area contributed by atoms with Crippen molar-refractivity contribution in [3.8, 4) is 11.5 Å². The van der Waals surface area contributed by atoms with E-state index in [-0.39, 0.29) is 6.79 Å². The molecule has 0 radical (unpaired) electrons. The molecule has 1 aliphatic rings. The normalized spacial score (nSPS) is 11.7. The second-order valence-electron chi connectivity index (χ2n) is 4.61. The van der Waals surface area contributed by atoms with Crippen molar-refractivity contribution in [2.45, 2.75) is 0 Å². The molecule has 3 rings (SSSR count). The molecule has 7 nitrogen and oxygen atoms in total. The highest BCUT2D eigenvalue weighted by Gasteiger charge is 2.16. The molecule has 8 heteroatoms. The number of benzene rings is 2. The summed E-state index contributed by atoms with van der Waals surface area (Å²) in [6.45, 7) is 0.126. The Kier molecular flexibility index (Phi) is 4.20. The van der Waals surface area contributed by atoms with Crippen LogP contribution in [0.2, 0.25) is 5.02 Å². The zero-order valence-corrected chi connectivity index (χ0v) is 12.5. The summed E-state index contributed by atoms with van der Waals surface area (Å²) in [5, 5.41) is 3.03. The molecule has 3 amide bonds. The van der Waals surface area contributed by atoms with Crippen LogP contribution in [0.1, 0.15) is 10.4 Å². The van der Waals surface area contributed by atoms with Crippen molar-refractivity contribution in [3.63, 3.8) is 0 Å². The fraction of sp³-hybridized carbons (Fsp3) is 0.0667. The average Bonchev–Trinajstić information content (AvgIpc) is 3.00. The van der Waals surface area contributed by atoms with Gasteiger partial charge in [0, 0.05) is 16.3 Å². The van der Waals surface area contributed by atoms with Gasteiger partial charge < -0.3 is 14.8 Å². The second-order valence-corrected chi connectivity index (χ2v) is 5.05. The van der Waals surface area contributed by atoms with Gasteiger partial charge in [-0.25, -0.2) is 10.2 Å². The minimum Gasteiger partial charge on any atom is -0.454 e. The standard InChI is InChI=1S/C15H12ClN3O4/c16-10-2-1-3-11(7-10)17-15(21)19-18-14(20)9-4-5-12-13(6-9)23-8-22-12/h1-7H,8H2,(H,18,20)(H2,17,19,21). The number of ether oxygens (including phenoxy) is 2. The van der Waals surface area contributed by atoms with E-state index in [0.717, 1.165) is 0 Å². The lowest BCUT2D eigenvalue weighted by atomic mass is 10.2. The molecule has 0 fully saturated rings. The number of carbonyl (C=O) groups excluding carboxylic acids is 2. The maximum Gasteiger partial charge on any atom is 0.337 e. The van der Waals surface area contributed by atoms with E-state index < -0.39 is 11.9 Å². The molecule has 3 N–H and O–H groups in total. The van der Waals surface area contributed by atoms with E-state index in [1.807, 2.05) is 0 Å². The van der Waals surface area contributed by atoms with Crippen LogP contribution < -0.4 is 25.6 Å². The maximum absolute atomic E-state index is 12.0. The van der Waals surface area contributed by atoms with Gasteiger partial charge in [-0.15, -0.1) is 0 Å². The third-order valence-electron chi connectivity index (χ3n) is 3.01. The van der Waals surface area contributed by atoms with E-state index in [9.17, 15) is 9.59 Å². The minimum atomic E-state index is -0.596. The Balaban J connectivity index is 1.55. The van der Waals surface area contributed by atoms with E-state index in [0.29, 0.717) is 27.8 Å². The summed E-state index contributed by atoms with van der Waals surface area (Å²) in [6.07, 6.45) is 0. The van der Waals surface area contributed by atoms with Crippen LogP contribution in [0.25, 0.3) is 0 Å². The molecule has 1 heterocycles. The number of hydrogen-bond donors (Lipinski definition) is 3. The first kappa shape index (κ1) is 15.0. The van der Waals surface area contributed by atoms with Gasteiger partial charge in [0.05, 0.1) is 0 Å². The summed E-state index contributed by atoms with van der Waals surface area (Å²) in [6, 6.07) is 10.8. The van der Waals surface area contributed by atoms with Crippen LogP contribution in [0.5, 0.6) is 11.5 Å². The Labute approximate surface area is 136 Å². The SMILES string of the molecule is O=C(NNC(=O)c1ccc2c(c1)OCO2)Nc1cccc(Cl)c1. The van der Waals surface area contributed by atoms with Gasteiger partial charge >= 0.3 is 6.03 Å². The summed E-state index contributed by atoms with van der Waals surface area (Å²) in [4.78, 5) is 23.7. The topological polar surface area (TPSA) is 88.7 Å². The van der Waals surface area contributed by atoms with Gasteiger partial charge in [0.1, 0.15) is 0 Å². The Bertz CT molecular complexity index is 766. The first-order valence-corrected chi connectivity index (χ1v) is 7.02. The molecule has 0 bridgehead atoms. The van der Waals surface area contributed by atoms with Crippen LogP contribution in [0.3, 0.4) is 0 Å². The summed E-state index contributed by atoms with van der Waals surface area (Å²) < 4.78 is 10.4. The number of rotatable bonds is 2. The molecule has 1 aliphatic heterocycles. The number of carbonyl (C=O) groups is 2. The van der Waals surface area contributed by atoms with Crippen molar-refractivity contribution in [2.75, 3.05) is 12.1 Å². The molecule has 0 atom stereocenters. The lowest BCUT2D eigenvalue weighted by molar-refractivity contribution is 0.0937. The van der Waals surface area contributed by atoms with Gasteiger partial charge in [-0.3, -0.25) is 10.2 Å². The van der Waals surface area contributed by atoms with Gasteiger partial charge in [-0.1, -0.05) is 17.7 Å². The van der Waals surface area contributed by atoms with Crippen LogP contribution in [-0.4, -0.2) is 18.7 Å². The monoisotopic (exact) mass is 333 g/mol. The number of urea groups is 1. The lowest BCUT2D eigenvalue weighted by Gasteiger charge is -2.09. The van der Waals surface area contributed by atoms with Crippen molar-refractivity contribution in [1.82, 2.24) is 10.9 Å². The Morgan fingerprint density at radius 3 is 2.65 bits per heavy atom. The number of hydrazine groups is 1. The van der Waals surface area contributed by atoms with Crippen molar-refractivity contribution in [1.29, 1.82) is 0 Å². The molecule has 0 aromatic heterocycles. The summed E-state index contributed by atoms with van der Waals surface area (Å²) >= 11 is 5.82. The fourth-order valence-corrected chi connectivity index (χ4v) is 2.14. The van der Waals surface area contributed by atoms with Crippen molar-refractivity contribution in [2.24, 2.45) is 0 Å². The van der Waals surface area contributed by atoms with Crippen LogP contribution in [0.4, 0.5) is 10.5 Å². The predicted octanol–water partition coefficient (Wildman–Crippen LogP) is 2.54. The molecular weight excluding hydrogens is 322 g/mol. The maximum atomic E-state index is 12.0. The quantitative estimate of drug-likeness (QED) is 0.737. The average molecular weight is 334 g/mol. The Morgan fingerprint density at radius 2 is 1.83 bits per heavy atom. The third-order valence-corrected chi connectivity index (χ3v) is 3.24. The molecule has 0 aliphatic carbocycles. The largest absolute Gasteiger partial charge is 0.454 e. The van der Waals surface area contributed by atoms with Crippen molar-refractivity contribution >= 4 is 29.2 Å². The van der Waals surface area contributed by atoms with Gasteiger partial charge in [0.25, 0.3) is 5.91 Å². The molecule has 118 valence electrons. The predicted molar refractivity (Wildman–Crippen MR) is 83.6 cm³/mol. The summed E-state index contributed by atoms with van der Waals surface area (Å²) in [7, 11) is 0. The number of fused-ring (bicyclic) bond motifs is 1. The number of hydrogen-bond acceptors (Lipinski definition) is 4. The number of anilines is 1. The van der Waals surface area contributed by atoms with Gasteiger partial charge in [0.15, 0.2) is 11.5 Å². The molecule has 2 aromatic rings. The number of nitrogens with one attached hydrogen (secondary N) is 3. The molecule has 0 saturated carbocycles. The molecule has 0 saturated heterocycles. The zero-order valence-electron chi connectivity index (χ0n) is 11.8. The van der Waals surface area contributed by atoms with Crippen LogP contribution in [0, 0.1) is 0 Å². The lowest BCUT2D eigenvalue weighted by Crippen LogP contribution is -2.43. The fourth-order valence-electron chi connectivity index (χ4n) is 1.95. The summed E-state index contributed by atoms with van der Waals surface area (Å²) in [5.74, 6) is 0.582. The minimum absolute atomic E-state index is 0.126. The third kappa shape index (κ3) is 3.64. The van der Waals surface area contributed by atoms with E-state index in [4.69, 9.17) is 21.1 Å². The molecular formula is C15H12ClN3O4. The highest BCUT2D eigenvalue weighted by molar-refractivity contribution is 6.30. The number of amides is 3. The smallest absolute Gasteiger partial charge is 0.337 e. The van der Waals surface area contributed by atoms with Crippen molar-refractivity contribution in [3.05, 3.63) is 53.1 Å². The first-order chi connectivity index (χ1) is 11.1. The Morgan fingerprint density at radius 1 is 1.00 bits per heavy atom. The van der Waals surface area contributed by atoms with Crippen LogP contribution in [-0.2, 0) is 0 Å². The number of halogens is 1. The zero-order chi connectivity index (χ0) is 16.2. The van der Waals surface area contributed by atoms with E-state index in [2.05, 4.69) is 16.2 Å². The highest BCUT2D eigenvalue weighted by atomic mass is 35.5. The molecule has 2 aromatic carbocycles. The van der Waals surface area contributed by atoms with Crippen LogP contribution in [0.15, 0.2) is 42.5 Å². The van der Waals surface area contributed by atoms with E-state index in [1.54, 1.807) is 36.4 Å². The van der Waals surface area contributed by atoms with Crippen molar-refractivity contribution < 1.29 is 19.1 Å². The molecule has 23 heavy (non-hydrogen) atoms. The van der Waals surface area contributed by atoms with Crippen LogP contribution >= 0.6 is 11.6 Å². The van der Waals surface area contributed by atoms with E-state index >= 15 is 0 Å². The summed E-state index contributed by atoms with van der Waals surface area (Å²) in [5.41, 5.74) is 5.38. The first-order valence-electron chi connectivity index (χ1n) is 6.64. The Hall–Kier alpha value is -2.93. The van der Waals surface area contributed by atoms with Gasteiger partial charge in [0.2, 0.25) is 6.79 Å².